The van der Waals surface area contributed by atoms with Gasteiger partial charge >= 0.3 is 12.3 Å². The number of nitrogens with two attached hydrogens (primary N) is 1. The van der Waals surface area contributed by atoms with E-state index in [1.807, 2.05) is 31.2 Å². The van der Waals surface area contributed by atoms with Gasteiger partial charge in [-0.3, -0.25) is 0 Å². The van der Waals surface area contributed by atoms with Crippen molar-refractivity contribution in [1.29, 1.82) is 0 Å². The minimum atomic E-state index is -5.78. The number of hydrazine groups is 1. The largest absolute Gasteiger partial charge is 0.499 e. The molecule has 0 spiro atoms. The molecule has 7 nitrogen and oxygen atoms in total. The lowest BCUT2D eigenvalue weighted by atomic mass is 10.2. The predicted molar refractivity (Wildman–Crippen MR) is 122 cm³/mol. The molecule has 0 amide bonds. The summed E-state index contributed by atoms with van der Waals surface area (Å²) in [4.78, 5) is 3.96. The lowest BCUT2D eigenvalue weighted by Crippen LogP contribution is -2.41. The standard InChI is InChI=1S/C13H10F5N3O.C8H11N3S/c1-2-3-11-19-8-21(20-11)9-4-6-10(7-5-9)22-13(17,18)12(14,15)16;1-6-4-2-3-5-7(6)10-8(12)11-9/h2-8H,1H3;2-5H,9H2,1H3,(H2,10,11,12)/b3-2+;. The normalized spacial score (nSPS) is 11.5. The first-order valence-electron chi connectivity index (χ1n) is 9.58. The minimum Gasteiger partial charge on any atom is -0.426 e. The smallest absolute Gasteiger partial charge is 0.426 e. The van der Waals surface area contributed by atoms with E-state index in [1.165, 1.54) is 23.1 Å². The molecule has 3 rings (SSSR count). The molecule has 0 atom stereocenters. The van der Waals surface area contributed by atoms with E-state index in [0.717, 1.165) is 23.4 Å². The van der Waals surface area contributed by atoms with Crippen molar-refractivity contribution in [3.63, 3.8) is 0 Å². The van der Waals surface area contributed by atoms with E-state index in [0.29, 0.717) is 16.6 Å². The molecule has 34 heavy (non-hydrogen) atoms. The van der Waals surface area contributed by atoms with Gasteiger partial charge < -0.3 is 15.5 Å². The summed E-state index contributed by atoms with van der Waals surface area (Å²) in [6, 6.07) is 12.4. The number of halogens is 5. The van der Waals surface area contributed by atoms with Gasteiger partial charge in [-0.05, 0) is 68.0 Å². The zero-order valence-electron chi connectivity index (χ0n) is 18.0. The number of ether oxygens (including phenoxy) is 1. The molecule has 0 radical (unpaired) electrons. The third-order valence-electron chi connectivity index (χ3n) is 4.03. The Hall–Kier alpha value is -3.58. The topological polar surface area (TPSA) is 90.0 Å². The number of rotatable bonds is 5. The minimum absolute atomic E-state index is 0.421. The monoisotopic (exact) mass is 500 g/mol. The average molecular weight is 500 g/mol. The molecule has 0 aliphatic carbocycles. The van der Waals surface area contributed by atoms with E-state index >= 15 is 0 Å². The summed E-state index contributed by atoms with van der Waals surface area (Å²) in [5, 5.41) is 7.44. The van der Waals surface area contributed by atoms with Crippen molar-refractivity contribution in [2.45, 2.75) is 26.1 Å². The van der Waals surface area contributed by atoms with Crippen molar-refractivity contribution in [1.82, 2.24) is 20.2 Å². The van der Waals surface area contributed by atoms with Crippen LogP contribution in [0.5, 0.6) is 5.75 Å². The zero-order chi connectivity index (χ0) is 25.4. The number of thiocarbonyl (C=S) groups is 1. The Morgan fingerprint density at radius 2 is 1.74 bits per heavy atom. The first-order valence-corrected chi connectivity index (χ1v) is 9.99. The number of nitrogens with one attached hydrogen (secondary N) is 2. The lowest BCUT2D eigenvalue weighted by molar-refractivity contribution is -0.360. The number of anilines is 1. The van der Waals surface area contributed by atoms with Crippen LogP contribution < -0.4 is 21.3 Å². The highest BCUT2D eigenvalue weighted by atomic mass is 32.1. The summed E-state index contributed by atoms with van der Waals surface area (Å²) in [6.07, 6.45) is -6.26. The number of benzene rings is 2. The van der Waals surface area contributed by atoms with Crippen molar-refractivity contribution < 1.29 is 26.7 Å². The predicted octanol–water partition coefficient (Wildman–Crippen LogP) is 4.99. The molecule has 1 aromatic heterocycles. The zero-order valence-corrected chi connectivity index (χ0v) is 18.8. The number of nitrogens with zero attached hydrogens (tertiary/aromatic N) is 3. The number of hydrogen-bond donors (Lipinski definition) is 3. The molecule has 1 heterocycles. The van der Waals surface area contributed by atoms with Gasteiger partial charge in [-0.2, -0.15) is 22.0 Å². The van der Waals surface area contributed by atoms with Gasteiger partial charge in [-0.1, -0.05) is 24.3 Å². The Labute approximate surface area is 197 Å². The maximum Gasteiger partial charge on any atom is 0.499 e. The maximum absolute atomic E-state index is 12.7. The Morgan fingerprint density at radius 3 is 2.29 bits per heavy atom. The fourth-order valence-corrected chi connectivity index (χ4v) is 2.48. The average Bonchev–Trinajstić information content (AvgIpc) is 3.24. The van der Waals surface area contributed by atoms with Crippen LogP contribution in [0.4, 0.5) is 27.6 Å². The van der Waals surface area contributed by atoms with E-state index in [-0.39, 0.29) is 0 Å². The summed E-state index contributed by atoms with van der Waals surface area (Å²) in [6.45, 7) is 3.79. The van der Waals surface area contributed by atoms with Crippen molar-refractivity contribution >= 4 is 29.1 Å². The molecule has 3 aromatic rings. The van der Waals surface area contributed by atoms with Gasteiger partial charge in [0.1, 0.15) is 12.1 Å². The van der Waals surface area contributed by atoms with Gasteiger partial charge in [0.2, 0.25) is 0 Å². The fourth-order valence-electron chi connectivity index (χ4n) is 2.37. The summed E-state index contributed by atoms with van der Waals surface area (Å²) in [5.74, 6) is 4.94. The van der Waals surface area contributed by atoms with Gasteiger partial charge in [0.25, 0.3) is 0 Å². The maximum atomic E-state index is 12.7. The third-order valence-corrected chi connectivity index (χ3v) is 4.25. The van der Waals surface area contributed by atoms with Crippen LogP contribution in [0.3, 0.4) is 0 Å². The third kappa shape index (κ3) is 7.49. The SMILES string of the molecule is C/C=C/c1ncn(-c2ccc(OC(F)(F)C(F)(F)F)cc2)n1.Cc1ccccc1NC(=S)NN. The van der Waals surface area contributed by atoms with E-state index in [2.05, 4.69) is 25.6 Å². The molecule has 0 unspecified atom stereocenters. The molecular formula is C21H21F5N6OS. The lowest BCUT2D eigenvalue weighted by Gasteiger charge is -2.20. The second-order valence-corrected chi connectivity index (χ2v) is 6.98. The van der Waals surface area contributed by atoms with Crippen molar-refractivity contribution in [2.75, 3.05) is 5.32 Å². The van der Waals surface area contributed by atoms with Gasteiger partial charge in [0, 0.05) is 5.69 Å². The highest BCUT2D eigenvalue weighted by molar-refractivity contribution is 7.80. The highest BCUT2D eigenvalue weighted by Gasteiger charge is 2.61. The second kappa shape index (κ2) is 11.5. The first kappa shape index (κ1) is 26.7. The Kier molecular flexibility index (Phi) is 9.04. The Morgan fingerprint density at radius 1 is 1.09 bits per heavy atom. The number of para-hydroxylation sites is 1. The van der Waals surface area contributed by atoms with E-state index in [1.54, 1.807) is 19.1 Å². The van der Waals surface area contributed by atoms with Crippen LogP contribution in [-0.2, 0) is 0 Å². The fraction of sp³-hybridized carbons (Fsp3) is 0.190. The number of alkyl halides is 5. The van der Waals surface area contributed by atoms with E-state index < -0.39 is 18.0 Å². The molecule has 0 saturated heterocycles. The number of aryl methyl sites for hydroxylation is 1. The number of hydrogen-bond acceptors (Lipinski definition) is 5. The molecule has 0 aliphatic rings. The summed E-state index contributed by atoms with van der Waals surface area (Å²) < 4.78 is 66.6. The van der Waals surface area contributed by atoms with Gasteiger partial charge in [-0.25, -0.2) is 15.5 Å². The second-order valence-electron chi connectivity index (χ2n) is 6.57. The highest BCUT2D eigenvalue weighted by Crippen LogP contribution is 2.37. The summed E-state index contributed by atoms with van der Waals surface area (Å²) in [5.41, 5.74) is 4.90. The Bertz CT molecular complexity index is 1120. The van der Waals surface area contributed by atoms with Crippen molar-refractivity contribution in [3.8, 4) is 11.4 Å². The van der Waals surface area contributed by atoms with Crippen LogP contribution in [0.25, 0.3) is 11.8 Å². The molecule has 0 bridgehead atoms. The summed E-state index contributed by atoms with van der Waals surface area (Å²) >= 11 is 4.85. The van der Waals surface area contributed by atoms with Gasteiger partial charge in [0.15, 0.2) is 10.9 Å². The number of allylic oxidation sites excluding steroid dienone is 1. The first-order chi connectivity index (χ1) is 16.0. The van der Waals surface area contributed by atoms with Crippen molar-refractivity contribution in [3.05, 3.63) is 72.3 Å². The molecule has 13 heteroatoms. The molecule has 4 N–H and O–H groups in total. The van der Waals surface area contributed by atoms with Crippen LogP contribution in [-0.4, -0.2) is 32.2 Å². The molecule has 0 fully saturated rings. The quantitative estimate of drug-likeness (QED) is 0.197. The van der Waals surface area contributed by atoms with Crippen LogP contribution in [0.1, 0.15) is 18.3 Å². The van der Waals surface area contributed by atoms with Crippen LogP contribution in [0.2, 0.25) is 0 Å². The Balaban J connectivity index is 0.000000287. The number of aromatic nitrogens is 3. The molecule has 0 saturated carbocycles. The van der Waals surface area contributed by atoms with Gasteiger partial charge in [0.05, 0.1) is 5.69 Å². The van der Waals surface area contributed by atoms with E-state index in [4.69, 9.17) is 18.1 Å². The summed E-state index contributed by atoms with van der Waals surface area (Å²) in [7, 11) is 0. The van der Waals surface area contributed by atoms with Crippen LogP contribution in [0, 0.1) is 6.92 Å². The van der Waals surface area contributed by atoms with Crippen molar-refractivity contribution in [2.24, 2.45) is 5.84 Å². The molecule has 2 aromatic carbocycles. The van der Waals surface area contributed by atoms with E-state index in [9.17, 15) is 22.0 Å². The van der Waals surface area contributed by atoms with Crippen LogP contribution >= 0.6 is 12.2 Å². The molecule has 182 valence electrons. The van der Waals surface area contributed by atoms with Gasteiger partial charge in [-0.15, -0.1) is 5.10 Å². The molecule has 0 aliphatic heterocycles. The van der Waals surface area contributed by atoms with Crippen LogP contribution in [0.15, 0.2) is 60.9 Å². The molecular weight excluding hydrogens is 479 g/mol.